The van der Waals surface area contributed by atoms with Crippen molar-refractivity contribution < 1.29 is 14.0 Å². The largest absolute Gasteiger partial charge is 0.497 e. The molecule has 1 aromatic carbocycles. The maximum absolute atomic E-state index is 6.07. The Morgan fingerprint density at radius 1 is 1.25 bits per heavy atom. The molecule has 4 aromatic rings. The Kier molecular flexibility index (Phi) is 5.44. The van der Waals surface area contributed by atoms with Crippen LogP contribution in [-0.2, 0) is 12.4 Å². The van der Waals surface area contributed by atoms with Crippen molar-refractivity contribution in [1.29, 1.82) is 0 Å². The Morgan fingerprint density at radius 3 is 2.96 bits per heavy atom. The molecule has 9 nitrogen and oxygen atoms in total. The number of hydrogen-bond acceptors (Lipinski definition) is 10. The molecule has 11 heteroatoms. The molecule has 144 valence electrons. The first kappa shape index (κ1) is 18.3. The van der Waals surface area contributed by atoms with Crippen LogP contribution in [-0.4, -0.2) is 32.1 Å². The van der Waals surface area contributed by atoms with E-state index >= 15 is 0 Å². The lowest BCUT2D eigenvalue weighted by Crippen LogP contribution is -2.15. The monoisotopic (exact) mass is 416 g/mol. The molecule has 4 rings (SSSR count). The first-order valence-corrected chi connectivity index (χ1v) is 10.1. The van der Waals surface area contributed by atoms with Gasteiger partial charge in [-0.1, -0.05) is 23.0 Å². The lowest BCUT2D eigenvalue weighted by Gasteiger charge is -2.07. The van der Waals surface area contributed by atoms with Crippen molar-refractivity contribution in [3.05, 3.63) is 52.8 Å². The molecule has 0 bridgehead atoms. The number of aromatic nitrogens is 5. The summed E-state index contributed by atoms with van der Waals surface area (Å²) in [7, 11) is 1.60. The van der Waals surface area contributed by atoms with Gasteiger partial charge in [0, 0.05) is 17.0 Å². The number of methoxy groups -OCH3 is 1. The standard InChI is InChI=1S/C17H16N6O3S2/c1-24-12-3-2-4-13(7-12)25-8-14-20-21-17(23(14)18)28-10-15-19-16(22-26-15)11-5-6-27-9-11/h2-7,9H,8,10,18H2,1H3. The lowest BCUT2D eigenvalue weighted by molar-refractivity contribution is 0.289. The lowest BCUT2D eigenvalue weighted by atomic mass is 10.3. The summed E-state index contributed by atoms with van der Waals surface area (Å²) in [6, 6.07) is 9.24. The molecule has 0 unspecified atom stereocenters. The average molecular weight is 416 g/mol. The van der Waals surface area contributed by atoms with Crippen LogP contribution < -0.4 is 15.3 Å². The number of hydrogen-bond donors (Lipinski definition) is 1. The highest BCUT2D eigenvalue weighted by Crippen LogP contribution is 2.24. The van der Waals surface area contributed by atoms with Gasteiger partial charge in [0.05, 0.1) is 12.9 Å². The molecular formula is C17H16N6O3S2. The highest BCUT2D eigenvalue weighted by molar-refractivity contribution is 7.98. The highest BCUT2D eigenvalue weighted by atomic mass is 32.2. The number of thioether (sulfide) groups is 1. The molecule has 2 N–H and O–H groups in total. The van der Waals surface area contributed by atoms with Crippen LogP contribution in [0.2, 0.25) is 0 Å². The van der Waals surface area contributed by atoms with Crippen molar-refractivity contribution in [3.8, 4) is 22.9 Å². The summed E-state index contributed by atoms with van der Waals surface area (Å²) in [5, 5.41) is 16.6. The molecule has 0 aliphatic carbocycles. The van der Waals surface area contributed by atoms with Crippen LogP contribution in [0.1, 0.15) is 11.7 Å². The summed E-state index contributed by atoms with van der Waals surface area (Å²) in [6.45, 7) is 0.181. The van der Waals surface area contributed by atoms with E-state index in [9.17, 15) is 0 Å². The van der Waals surface area contributed by atoms with Crippen LogP contribution in [0.15, 0.2) is 50.8 Å². The number of thiophene rings is 1. The van der Waals surface area contributed by atoms with E-state index in [-0.39, 0.29) is 6.61 Å². The van der Waals surface area contributed by atoms with Gasteiger partial charge in [-0.2, -0.15) is 16.3 Å². The van der Waals surface area contributed by atoms with Crippen LogP contribution in [0.5, 0.6) is 11.5 Å². The smallest absolute Gasteiger partial charge is 0.237 e. The Balaban J connectivity index is 1.35. The quantitative estimate of drug-likeness (QED) is 0.342. The van der Waals surface area contributed by atoms with Gasteiger partial charge < -0.3 is 19.8 Å². The minimum absolute atomic E-state index is 0.181. The molecule has 0 amide bonds. The predicted octanol–water partition coefficient (Wildman–Crippen LogP) is 2.98. The third kappa shape index (κ3) is 4.10. The van der Waals surface area contributed by atoms with Crippen molar-refractivity contribution >= 4 is 23.1 Å². The fourth-order valence-electron chi connectivity index (χ4n) is 2.29. The Labute approximate surface area is 168 Å². The van der Waals surface area contributed by atoms with Crippen molar-refractivity contribution in [2.75, 3.05) is 13.0 Å². The van der Waals surface area contributed by atoms with Crippen LogP contribution in [0.4, 0.5) is 0 Å². The second-order valence-corrected chi connectivity index (χ2v) is 7.27. The first-order chi connectivity index (χ1) is 13.7. The van der Waals surface area contributed by atoms with E-state index in [0.717, 1.165) is 5.56 Å². The number of nitrogens with two attached hydrogens (primary N) is 1. The Hall–Kier alpha value is -3.05. The molecule has 0 fully saturated rings. The normalized spacial score (nSPS) is 10.9. The minimum Gasteiger partial charge on any atom is -0.497 e. The number of rotatable bonds is 8. The third-order valence-corrected chi connectivity index (χ3v) is 5.33. The fraction of sp³-hybridized carbons (Fsp3) is 0.176. The molecule has 3 heterocycles. The summed E-state index contributed by atoms with van der Waals surface area (Å²) < 4.78 is 17.5. The summed E-state index contributed by atoms with van der Waals surface area (Å²) in [4.78, 5) is 4.37. The van der Waals surface area contributed by atoms with Crippen LogP contribution in [0.25, 0.3) is 11.4 Å². The van der Waals surface area contributed by atoms with Gasteiger partial charge in [0.1, 0.15) is 18.1 Å². The van der Waals surface area contributed by atoms with Crippen molar-refractivity contribution in [2.45, 2.75) is 17.5 Å². The Bertz CT molecular complexity index is 1050. The maximum Gasteiger partial charge on any atom is 0.237 e. The predicted molar refractivity (Wildman–Crippen MR) is 105 cm³/mol. The van der Waals surface area contributed by atoms with Crippen LogP contribution in [0, 0.1) is 0 Å². The van der Waals surface area contributed by atoms with Gasteiger partial charge in [-0.25, -0.2) is 4.68 Å². The zero-order valence-electron chi connectivity index (χ0n) is 14.8. The topological polar surface area (TPSA) is 114 Å². The zero-order chi connectivity index (χ0) is 19.3. The molecule has 3 aromatic heterocycles. The third-order valence-electron chi connectivity index (χ3n) is 3.72. The molecule has 0 radical (unpaired) electrons. The van der Waals surface area contributed by atoms with Gasteiger partial charge in [-0.05, 0) is 23.6 Å². The number of nitrogen functional groups attached to an aromatic ring is 1. The van der Waals surface area contributed by atoms with Gasteiger partial charge in [-0.3, -0.25) is 0 Å². The van der Waals surface area contributed by atoms with Crippen molar-refractivity contribution in [1.82, 2.24) is 25.0 Å². The summed E-state index contributed by atoms with van der Waals surface area (Å²) in [5.41, 5.74) is 0.934. The molecule has 0 atom stereocenters. The fourth-order valence-corrected chi connectivity index (χ4v) is 3.64. The van der Waals surface area contributed by atoms with Gasteiger partial charge in [0.15, 0.2) is 5.82 Å². The molecule has 28 heavy (non-hydrogen) atoms. The van der Waals surface area contributed by atoms with E-state index in [1.807, 2.05) is 35.0 Å². The Morgan fingerprint density at radius 2 is 2.14 bits per heavy atom. The summed E-state index contributed by atoms with van der Waals surface area (Å²) in [5.74, 6) is 9.43. The van der Waals surface area contributed by atoms with E-state index in [0.29, 0.717) is 39.9 Å². The number of nitrogens with zero attached hydrogens (tertiary/aromatic N) is 5. The van der Waals surface area contributed by atoms with Gasteiger partial charge in [0.2, 0.25) is 16.9 Å². The maximum atomic E-state index is 6.07. The molecule has 0 saturated carbocycles. The van der Waals surface area contributed by atoms with E-state index in [1.165, 1.54) is 16.4 Å². The number of ether oxygens (including phenoxy) is 2. The minimum atomic E-state index is 0.181. The van der Waals surface area contributed by atoms with Crippen LogP contribution >= 0.6 is 23.1 Å². The van der Waals surface area contributed by atoms with Crippen molar-refractivity contribution in [3.63, 3.8) is 0 Å². The van der Waals surface area contributed by atoms with E-state index in [1.54, 1.807) is 24.5 Å². The molecular weight excluding hydrogens is 400 g/mol. The second kappa shape index (κ2) is 8.31. The van der Waals surface area contributed by atoms with E-state index < -0.39 is 0 Å². The van der Waals surface area contributed by atoms with E-state index in [4.69, 9.17) is 19.8 Å². The number of benzene rings is 1. The molecule has 0 saturated heterocycles. The van der Waals surface area contributed by atoms with E-state index in [2.05, 4.69) is 20.3 Å². The summed E-state index contributed by atoms with van der Waals surface area (Å²) >= 11 is 2.93. The highest BCUT2D eigenvalue weighted by Gasteiger charge is 2.14. The SMILES string of the molecule is COc1cccc(OCc2nnc(SCc3nc(-c4ccsc4)no3)n2N)c1. The second-order valence-electron chi connectivity index (χ2n) is 5.55. The average Bonchev–Trinajstić information content (AvgIpc) is 3.47. The van der Waals surface area contributed by atoms with Gasteiger partial charge in [0.25, 0.3) is 0 Å². The van der Waals surface area contributed by atoms with Crippen LogP contribution in [0.3, 0.4) is 0 Å². The zero-order valence-corrected chi connectivity index (χ0v) is 16.4. The summed E-state index contributed by atoms with van der Waals surface area (Å²) in [6.07, 6.45) is 0. The first-order valence-electron chi connectivity index (χ1n) is 8.17. The molecule has 0 spiro atoms. The molecule has 0 aliphatic rings. The van der Waals surface area contributed by atoms with Gasteiger partial charge in [-0.15, -0.1) is 10.2 Å². The van der Waals surface area contributed by atoms with Gasteiger partial charge >= 0.3 is 0 Å². The van der Waals surface area contributed by atoms with Crippen molar-refractivity contribution in [2.24, 2.45) is 0 Å². The molecule has 0 aliphatic heterocycles.